The maximum atomic E-state index is 10.5. The summed E-state index contributed by atoms with van der Waals surface area (Å²) < 4.78 is 8.85. The fraction of sp³-hybridized carbons (Fsp3) is 0.538. The number of aromatic nitrogens is 4. The second-order valence-corrected chi connectivity index (χ2v) is 4.99. The first kappa shape index (κ1) is 14.5. The summed E-state index contributed by atoms with van der Waals surface area (Å²) in [5.41, 5.74) is 1.21. The van der Waals surface area contributed by atoms with Crippen molar-refractivity contribution < 1.29 is 9.84 Å². The third kappa shape index (κ3) is 3.00. The third-order valence-electron chi connectivity index (χ3n) is 3.09. The number of likely N-dealkylation sites (N-methyl/N-ethyl adjacent to an activating group) is 1. The minimum absolute atomic E-state index is 0.571. The molecule has 110 valence electrons. The molecule has 2 heterocycles. The van der Waals surface area contributed by atoms with E-state index < -0.39 is 6.10 Å². The molecule has 1 unspecified atom stereocenters. The summed E-state index contributed by atoms with van der Waals surface area (Å²) in [5.74, 6) is 0.571. The lowest BCUT2D eigenvalue weighted by atomic mass is 10.2. The number of nitrogens with zero attached hydrogens (tertiary/aromatic N) is 5. The molecule has 0 radical (unpaired) electrons. The van der Waals surface area contributed by atoms with E-state index in [1.54, 1.807) is 35.1 Å². The van der Waals surface area contributed by atoms with Gasteiger partial charge in [0.15, 0.2) is 5.75 Å². The van der Waals surface area contributed by atoms with E-state index in [9.17, 15) is 5.11 Å². The molecule has 0 amide bonds. The molecule has 2 rings (SSSR count). The van der Waals surface area contributed by atoms with Gasteiger partial charge in [0.1, 0.15) is 11.8 Å². The van der Waals surface area contributed by atoms with Gasteiger partial charge in [-0.3, -0.25) is 4.68 Å². The molecular weight excluding hydrogens is 258 g/mol. The number of imidazole rings is 1. The van der Waals surface area contributed by atoms with Crippen molar-refractivity contribution in [3.8, 4) is 5.75 Å². The summed E-state index contributed by atoms with van der Waals surface area (Å²) in [5, 5.41) is 14.8. The highest BCUT2D eigenvalue weighted by Crippen LogP contribution is 2.28. The van der Waals surface area contributed by atoms with E-state index in [-0.39, 0.29) is 0 Å². The number of hydrogen-bond acceptors (Lipinski definition) is 5. The molecule has 0 bridgehead atoms. The zero-order valence-corrected chi connectivity index (χ0v) is 12.3. The van der Waals surface area contributed by atoms with Gasteiger partial charge in [0.2, 0.25) is 0 Å². The van der Waals surface area contributed by atoms with Crippen LogP contribution in [-0.2, 0) is 13.6 Å². The monoisotopic (exact) mass is 279 g/mol. The molecule has 2 aromatic heterocycles. The van der Waals surface area contributed by atoms with E-state index in [1.807, 2.05) is 21.1 Å². The number of rotatable bonds is 6. The van der Waals surface area contributed by atoms with Gasteiger partial charge in [-0.15, -0.1) is 0 Å². The summed E-state index contributed by atoms with van der Waals surface area (Å²) in [4.78, 5) is 6.25. The molecular formula is C13H21N5O2. The van der Waals surface area contributed by atoms with Crippen molar-refractivity contribution in [3.05, 3.63) is 30.1 Å². The van der Waals surface area contributed by atoms with Crippen LogP contribution in [0.4, 0.5) is 0 Å². The zero-order valence-electron chi connectivity index (χ0n) is 12.3. The number of methoxy groups -OCH3 is 1. The van der Waals surface area contributed by atoms with Crippen LogP contribution in [0.25, 0.3) is 0 Å². The lowest BCUT2D eigenvalue weighted by Crippen LogP contribution is -2.21. The van der Waals surface area contributed by atoms with E-state index in [4.69, 9.17) is 4.74 Å². The van der Waals surface area contributed by atoms with Gasteiger partial charge < -0.3 is 19.3 Å². The molecule has 2 aromatic rings. The predicted octanol–water partition coefficient (Wildman–Crippen LogP) is 0.268. The Bertz CT molecular complexity index is 561. The molecule has 7 nitrogen and oxygen atoms in total. The second-order valence-electron chi connectivity index (χ2n) is 4.99. The van der Waals surface area contributed by atoms with Crippen LogP contribution >= 0.6 is 0 Å². The SMILES string of the molecule is COc1cnn(CCN(C)C)c1C(O)c1cn(C)cn1. The maximum absolute atomic E-state index is 10.5. The maximum Gasteiger partial charge on any atom is 0.163 e. The van der Waals surface area contributed by atoms with Crippen molar-refractivity contribution >= 4 is 0 Å². The number of aliphatic hydroxyl groups is 1. The summed E-state index contributed by atoms with van der Waals surface area (Å²) in [6.07, 6.45) is 4.21. The second kappa shape index (κ2) is 6.06. The van der Waals surface area contributed by atoms with Crippen LogP contribution in [0.3, 0.4) is 0 Å². The molecule has 0 saturated heterocycles. The van der Waals surface area contributed by atoms with Gasteiger partial charge in [-0.25, -0.2) is 4.98 Å². The van der Waals surface area contributed by atoms with Crippen molar-refractivity contribution in [2.45, 2.75) is 12.6 Å². The molecule has 1 atom stereocenters. The van der Waals surface area contributed by atoms with E-state index in [0.717, 1.165) is 6.54 Å². The molecule has 0 aliphatic carbocycles. The van der Waals surface area contributed by atoms with Crippen LogP contribution in [0.5, 0.6) is 5.75 Å². The van der Waals surface area contributed by atoms with Crippen molar-refractivity contribution in [2.75, 3.05) is 27.7 Å². The molecule has 0 spiro atoms. The van der Waals surface area contributed by atoms with Crippen LogP contribution in [0.15, 0.2) is 18.7 Å². The van der Waals surface area contributed by atoms with Crippen LogP contribution < -0.4 is 4.74 Å². The van der Waals surface area contributed by atoms with Crippen molar-refractivity contribution in [2.24, 2.45) is 7.05 Å². The summed E-state index contributed by atoms with van der Waals surface area (Å²) in [7, 11) is 7.43. The summed E-state index contributed by atoms with van der Waals surface area (Å²) in [6.45, 7) is 1.50. The normalized spacial score (nSPS) is 12.9. The van der Waals surface area contributed by atoms with Gasteiger partial charge in [0.05, 0.1) is 31.9 Å². The van der Waals surface area contributed by atoms with Gasteiger partial charge in [-0.1, -0.05) is 0 Å². The summed E-state index contributed by atoms with van der Waals surface area (Å²) in [6, 6.07) is 0. The minimum Gasteiger partial charge on any atom is -0.493 e. The first-order valence-electron chi connectivity index (χ1n) is 6.43. The quantitative estimate of drug-likeness (QED) is 0.822. The van der Waals surface area contributed by atoms with Crippen LogP contribution in [0, 0.1) is 0 Å². The standard InChI is InChI=1S/C13H21N5O2/c1-16(2)5-6-18-12(11(20-4)7-15-18)13(19)10-8-17(3)9-14-10/h7-9,13,19H,5-6H2,1-4H3. The molecule has 0 saturated carbocycles. The lowest BCUT2D eigenvalue weighted by Gasteiger charge is -2.15. The number of ether oxygens (including phenoxy) is 1. The minimum atomic E-state index is -0.851. The van der Waals surface area contributed by atoms with Gasteiger partial charge in [0.25, 0.3) is 0 Å². The van der Waals surface area contributed by atoms with E-state index in [1.165, 1.54) is 0 Å². The van der Waals surface area contributed by atoms with Crippen LogP contribution in [-0.4, -0.2) is 57.1 Å². The fourth-order valence-electron chi connectivity index (χ4n) is 2.00. The molecule has 0 aliphatic heterocycles. The van der Waals surface area contributed by atoms with Crippen LogP contribution in [0.2, 0.25) is 0 Å². The first-order valence-corrected chi connectivity index (χ1v) is 6.43. The van der Waals surface area contributed by atoms with E-state index >= 15 is 0 Å². The highest BCUT2D eigenvalue weighted by atomic mass is 16.5. The third-order valence-corrected chi connectivity index (χ3v) is 3.09. The van der Waals surface area contributed by atoms with Gasteiger partial charge in [-0.05, 0) is 14.1 Å². The van der Waals surface area contributed by atoms with E-state index in [2.05, 4.69) is 15.0 Å². The Balaban J connectivity index is 2.30. The predicted molar refractivity (Wildman–Crippen MR) is 74.6 cm³/mol. The number of aryl methyl sites for hydroxylation is 1. The Labute approximate surface area is 118 Å². The Morgan fingerprint density at radius 1 is 1.45 bits per heavy atom. The lowest BCUT2D eigenvalue weighted by molar-refractivity contribution is 0.196. The fourth-order valence-corrected chi connectivity index (χ4v) is 2.00. The first-order chi connectivity index (χ1) is 9.52. The Kier molecular flexibility index (Phi) is 4.41. The molecule has 1 N–H and O–H groups in total. The van der Waals surface area contributed by atoms with Gasteiger partial charge in [-0.2, -0.15) is 5.10 Å². The highest BCUT2D eigenvalue weighted by Gasteiger charge is 2.23. The molecule has 0 fully saturated rings. The Morgan fingerprint density at radius 2 is 2.20 bits per heavy atom. The van der Waals surface area contributed by atoms with Gasteiger partial charge >= 0.3 is 0 Å². The summed E-state index contributed by atoms with van der Waals surface area (Å²) >= 11 is 0. The zero-order chi connectivity index (χ0) is 14.7. The number of hydrogen-bond donors (Lipinski definition) is 1. The van der Waals surface area contributed by atoms with E-state index in [0.29, 0.717) is 23.7 Å². The van der Waals surface area contributed by atoms with Crippen LogP contribution in [0.1, 0.15) is 17.5 Å². The number of aliphatic hydroxyl groups excluding tert-OH is 1. The molecule has 7 heteroatoms. The highest BCUT2D eigenvalue weighted by molar-refractivity contribution is 5.31. The largest absolute Gasteiger partial charge is 0.493 e. The molecule has 20 heavy (non-hydrogen) atoms. The van der Waals surface area contributed by atoms with Crippen molar-refractivity contribution in [1.29, 1.82) is 0 Å². The average Bonchev–Trinajstić information content (AvgIpc) is 3.01. The van der Waals surface area contributed by atoms with Crippen molar-refractivity contribution in [1.82, 2.24) is 24.2 Å². The topological polar surface area (TPSA) is 68.3 Å². The molecule has 0 aromatic carbocycles. The van der Waals surface area contributed by atoms with Crippen molar-refractivity contribution in [3.63, 3.8) is 0 Å². The molecule has 0 aliphatic rings. The van der Waals surface area contributed by atoms with Gasteiger partial charge in [0, 0.05) is 19.8 Å². The average molecular weight is 279 g/mol. The smallest absolute Gasteiger partial charge is 0.163 e. The Morgan fingerprint density at radius 3 is 2.75 bits per heavy atom. The Hall–Kier alpha value is -1.86.